The third kappa shape index (κ3) is 2.66. The standard InChI is InChI=1S/C14H14F3N3O2/c15-14(16,17)12-10(2-1-5-19-12)11-8-22-20(13(11)21)9-3-6-18-7-4-9/h1-2,5,8-9,18H,3-4,6-7H2. The van der Waals surface area contributed by atoms with E-state index in [2.05, 4.69) is 10.3 Å². The van der Waals surface area contributed by atoms with Crippen molar-refractivity contribution in [2.45, 2.75) is 25.1 Å². The summed E-state index contributed by atoms with van der Waals surface area (Å²) in [6.07, 6.45) is -1.09. The van der Waals surface area contributed by atoms with Gasteiger partial charge in [-0.25, -0.2) is 0 Å². The Morgan fingerprint density at radius 1 is 1.27 bits per heavy atom. The molecule has 0 unspecified atom stereocenters. The maximum absolute atomic E-state index is 13.0. The Kier molecular flexibility index (Phi) is 3.78. The van der Waals surface area contributed by atoms with Crippen molar-refractivity contribution in [1.82, 2.24) is 15.0 Å². The normalized spacial score (nSPS) is 16.9. The first-order chi connectivity index (χ1) is 10.5. The zero-order valence-electron chi connectivity index (χ0n) is 11.6. The van der Waals surface area contributed by atoms with Gasteiger partial charge in [-0.15, -0.1) is 0 Å². The highest BCUT2D eigenvalue weighted by Gasteiger charge is 2.36. The van der Waals surface area contributed by atoms with Crippen molar-refractivity contribution in [3.63, 3.8) is 0 Å². The SMILES string of the molecule is O=c1c(-c2cccnc2C(F)(F)F)con1C1CCNCC1. The molecule has 0 atom stereocenters. The van der Waals surface area contributed by atoms with Gasteiger partial charge in [0.25, 0.3) is 5.56 Å². The van der Waals surface area contributed by atoms with Gasteiger partial charge in [0.2, 0.25) is 0 Å². The molecule has 0 bridgehead atoms. The summed E-state index contributed by atoms with van der Waals surface area (Å²) in [6, 6.07) is 2.47. The average molecular weight is 313 g/mol. The second-order valence-corrected chi connectivity index (χ2v) is 5.15. The number of nitrogens with one attached hydrogen (secondary N) is 1. The number of nitrogens with zero attached hydrogens (tertiary/aromatic N) is 2. The predicted octanol–water partition coefficient (Wildman–Crippen LogP) is 2.45. The first-order valence-corrected chi connectivity index (χ1v) is 6.92. The van der Waals surface area contributed by atoms with Gasteiger partial charge in [-0.05, 0) is 32.0 Å². The summed E-state index contributed by atoms with van der Waals surface area (Å²) in [7, 11) is 0. The minimum Gasteiger partial charge on any atom is -0.383 e. The van der Waals surface area contributed by atoms with Crippen LogP contribution < -0.4 is 10.9 Å². The average Bonchev–Trinajstić information content (AvgIpc) is 2.89. The number of piperidine rings is 1. The zero-order chi connectivity index (χ0) is 15.7. The summed E-state index contributed by atoms with van der Waals surface area (Å²) >= 11 is 0. The van der Waals surface area contributed by atoms with Crippen LogP contribution in [0.3, 0.4) is 0 Å². The van der Waals surface area contributed by atoms with E-state index in [1.165, 1.54) is 16.9 Å². The first kappa shape index (κ1) is 14.8. The molecular formula is C14H14F3N3O2. The number of aromatic nitrogens is 2. The van der Waals surface area contributed by atoms with Gasteiger partial charge in [-0.1, -0.05) is 6.07 Å². The summed E-state index contributed by atoms with van der Waals surface area (Å²) < 4.78 is 45.5. The number of hydrogen-bond acceptors (Lipinski definition) is 4. The molecular weight excluding hydrogens is 299 g/mol. The molecule has 22 heavy (non-hydrogen) atoms. The van der Waals surface area contributed by atoms with Crippen molar-refractivity contribution in [3.05, 3.63) is 40.6 Å². The van der Waals surface area contributed by atoms with Crippen molar-refractivity contribution in [1.29, 1.82) is 0 Å². The molecule has 2 aromatic heterocycles. The van der Waals surface area contributed by atoms with Crippen LogP contribution in [0.5, 0.6) is 0 Å². The molecule has 5 nitrogen and oxygen atoms in total. The van der Waals surface area contributed by atoms with Gasteiger partial charge in [-0.3, -0.25) is 9.78 Å². The van der Waals surface area contributed by atoms with Crippen LogP contribution in [0, 0.1) is 0 Å². The number of rotatable bonds is 2. The molecule has 0 amide bonds. The minimum absolute atomic E-state index is 0.112. The smallest absolute Gasteiger partial charge is 0.383 e. The fraction of sp³-hybridized carbons (Fsp3) is 0.429. The van der Waals surface area contributed by atoms with Crippen molar-refractivity contribution >= 4 is 0 Å². The lowest BCUT2D eigenvalue weighted by molar-refractivity contribution is -0.140. The van der Waals surface area contributed by atoms with Crippen molar-refractivity contribution in [2.75, 3.05) is 13.1 Å². The monoisotopic (exact) mass is 313 g/mol. The van der Waals surface area contributed by atoms with Crippen LogP contribution in [0.2, 0.25) is 0 Å². The first-order valence-electron chi connectivity index (χ1n) is 6.92. The molecule has 1 aliphatic heterocycles. The Bertz CT molecular complexity index is 715. The Morgan fingerprint density at radius 3 is 2.68 bits per heavy atom. The largest absolute Gasteiger partial charge is 0.433 e. The van der Waals surface area contributed by atoms with Gasteiger partial charge in [0.15, 0.2) is 5.69 Å². The summed E-state index contributed by atoms with van der Waals surface area (Å²) in [5, 5.41) is 3.16. The summed E-state index contributed by atoms with van der Waals surface area (Å²) in [4.78, 5) is 15.8. The third-order valence-corrected chi connectivity index (χ3v) is 3.72. The lowest BCUT2D eigenvalue weighted by Gasteiger charge is -2.21. The number of pyridine rings is 1. The quantitative estimate of drug-likeness (QED) is 0.925. The van der Waals surface area contributed by atoms with E-state index in [-0.39, 0.29) is 17.2 Å². The Labute approximate surface area is 123 Å². The van der Waals surface area contributed by atoms with Crippen molar-refractivity contribution in [2.24, 2.45) is 0 Å². The molecule has 8 heteroatoms. The molecule has 1 aliphatic rings. The molecule has 0 aliphatic carbocycles. The van der Waals surface area contributed by atoms with Crippen LogP contribution in [-0.2, 0) is 6.18 Å². The molecule has 1 N–H and O–H groups in total. The highest BCUT2D eigenvalue weighted by atomic mass is 19.4. The second kappa shape index (κ2) is 5.60. The van der Waals surface area contributed by atoms with Crippen LogP contribution in [0.4, 0.5) is 13.2 Å². The van der Waals surface area contributed by atoms with E-state index in [4.69, 9.17) is 4.52 Å². The maximum atomic E-state index is 13.0. The van der Waals surface area contributed by atoms with E-state index >= 15 is 0 Å². The van der Waals surface area contributed by atoms with Crippen LogP contribution in [0.15, 0.2) is 33.9 Å². The lowest BCUT2D eigenvalue weighted by Crippen LogP contribution is -2.32. The van der Waals surface area contributed by atoms with E-state index in [9.17, 15) is 18.0 Å². The van der Waals surface area contributed by atoms with Gasteiger partial charge >= 0.3 is 6.18 Å². The number of hydrogen-bond donors (Lipinski definition) is 1. The molecule has 118 valence electrons. The second-order valence-electron chi connectivity index (χ2n) is 5.15. The fourth-order valence-corrected chi connectivity index (χ4v) is 2.65. The van der Waals surface area contributed by atoms with Gasteiger partial charge in [0.05, 0.1) is 11.6 Å². The van der Waals surface area contributed by atoms with Gasteiger partial charge in [0.1, 0.15) is 6.26 Å². The maximum Gasteiger partial charge on any atom is 0.433 e. The van der Waals surface area contributed by atoms with E-state index in [1.807, 2.05) is 0 Å². The minimum atomic E-state index is -4.63. The van der Waals surface area contributed by atoms with Gasteiger partial charge in [0, 0.05) is 11.8 Å². The molecule has 0 spiro atoms. The van der Waals surface area contributed by atoms with Gasteiger partial charge < -0.3 is 9.84 Å². The number of alkyl halides is 3. The molecule has 1 fully saturated rings. The predicted molar refractivity (Wildman–Crippen MR) is 72.3 cm³/mol. The third-order valence-electron chi connectivity index (χ3n) is 3.72. The summed E-state index contributed by atoms with van der Waals surface area (Å²) in [5.74, 6) is 0. The molecule has 0 radical (unpaired) electrons. The van der Waals surface area contributed by atoms with Crippen molar-refractivity contribution < 1.29 is 17.7 Å². The Balaban J connectivity index is 2.04. The van der Waals surface area contributed by atoms with E-state index in [1.54, 1.807) is 0 Å². The molecule has 0 saturated carbocycles. The van der Waals surface area contributed by atoms with Crippen LogP contribution in [-0.4, -0.2) is 22.8 Å². The fourth-order valence-electron chi connectivity index (χ4n) is 2.65. The van der Waals surface area contributed by atoms with Crippen LogP contribution in [0.1, 0.15) is 24.6 Å². The van der Waals surface area contributed by atoms with E-state index in [0.29, 0.717) is 12.8 Å². The van der Waals surface area contributed by atoms with Gasteiger partial charge in [-0.2, -0.15) is 17.9 Å². The lowest BCUT2D eigenvalue weighted by atomic mass is 10.1. The number of halogens is 3. The highest BCUT2D eigenvalue weighted by molar-refractivity contribution is 5.64. The van der Waals surface area contributed by atoms with E-state index in [0.717, 1.165) is 25.5 Å². The Morgan fingerprint density at radius 2 is 2.00 bits per heavy atom. The summed E-state index contributed by atoms with van der Waals surface area (Å²) in [6.45, 7) is 1.49. The van der Waals surface area contributed by atoms with Crippen LogP contribution in [0.25, 0.3) is 11.1 Å². The van der Waals surface area contributed by atoms with Crippen LogP contribution >= 0.6 is 0 Å². The molecule has 2 aromatic rings. The molecule has 0 aromatic carbocycles. The molecule has 3 heterocycles. The topological polar surface area (TPSA) is 60.1 Å². The highest BCUT2D eigenvalue weighted by Crippen LogP contribution is 2.34. The van der Waals surface area contributed by atoms with E-state index < -0.39 is 17.4 Å². The zero-order valence-corrected chi connectivity index (χ0v) is 11.6. The summed E-state index contributed by atoms with van der Waals surface area (Å²) in [5.41, 5.74) is -1.99. The molecule has 3 rings (SSSR count). The Hall–Kier alpha value is -2.09. The molecule has 1 saturated heterocycles. The van der Waals surface area contributed by atoms with Crippen molar-refractivity contribution in [3.8, 4) is 11.1 Å².